The third-order valence-electron chi connectivity index (χ3n) is 4.92. The average molecular weight is 387 g/mol. The van der Waals surface area contributed by atoms with Crippen molar-refractivity contribution < 1.29 is 4.79 Å². The Morgan fingerprint density at radius 3 is 2.41 bits per heavy atom. The van der Waals surface area contributed by atoms with Gasteiger partial charge in [0.25, 0.3) is 5.56 Å². The summed E-state index contributed by atoms with van der Waals surface area (Å²) in [6.07, 6.45) is 1.64. The summed E-state index contributed by atoms with van der Waals surface area (Å²) in [6, 6.07) is 15.2. The van der Waals surface area contributed by atoms with Crippen molar-refractivity contribution in [2.75, 3.05) is 5.32 Å². The van der Waals surface area contributed by atoms with E-state index in [2.05, 4.69) is 15.5 Å². The summed E-state index contributed by atoms with van der Waals surface area (Å²) < 4.78 is 2.82. The zero-order valence-corrected chi connectivity index (χ0v) is 16.5. The number of aromatic nitrogens is 4. The van der Waals surface area contributed by atoms with Gasteiger partial charge in [0.15, 0.2) is 0 Å². The van der Waals surface area contributed by atoms with Crippen molar-refractivity contribution in [2.24, 2.45) is 0 Å². The number of amides is 1. The Morgan fingerprint density at radius 1 is 1.00 bits per heavy atom. The fraction of sp³-hybridized carbons (Fsp3) is 0.182. The van der Waals surface area contributed by atoms with Crippen LogP contribution in [0.15, 0.2) is 59.5 Å². The van der Waals surface area contributed by atoms with Crippen LogP contribution in [0.5, 0.6) is 0 Å². The topological polar surface area (TPSA) is 81.8 Å². The summed E-state index contributed by atoms with van der Waals surface area (Å²) in [7, 11) is 0. The van der Waals surface area contributed by atoms with Crippen molar-refractivity contribution in [3.63, 3.8) is 0 Å². The van der Waals surface area contributed by atoms with Crippen molar-refractivity contribution in [1.29, 1.82) is 0 Å². The molecule has 0 unspecified atom stereocenters. The number of nitrogens with zero attached hydrogens (tertiary/aromatic N) is 4. The van der Waals surface area contributed by atoms with E-state index in [4.69, 9.17) is 0 Å². The van der Waals surface area contributed by atoms with Crippen LogP contribution >= 0.6 is 0 Å². The lowest BCUT2D eigenvalue weighted by Gasteiger charge is -2.11. The molecule has 2 aromatic carbocycles. The molecule has 0 radical (unpaired) electrons. The second-order valence-electron chi connectivity index (χ2n) is 7.02. The SMILES string of the molecule is Cc1ccccc1NC(=O)Cn1nc(C)c2cnn(-c3ccccc3C)c2c1=O. The molecule has 0 fully saturated rings. The first-order valence-electron chi connectivity index (χ1n) is 9.32. The number of nitrogens with one attached hydrogen (secondary N) is 1. The smallest absolute Gasteiger partial charge is 0.293 e. The van der Waals surface area contributed by atoms with Gasteiger partial charge >= 0.3 is 0 Å². The van der Waals surface area contributed by atoms with E-state index in [9.17, 15) is 9.59 Å². The van der Waals surface area contributed by atoms with E-state index in [1.165, 1.54) is 4.68 Å². The van der Waals surface area contributed by atoms with E-state index in [0.717, 1.165) is 16.8 Å². The van der Waals surface area contributed by atoms with Gasteiger partial charge < -0.3 is 5.32 Å². The maximum atomic E-state index is 13.2. The lowest BCUT2D eigenvalue weighted by atomic mass is 10.2. The molecule has 0 spiro atoms. The Kier molecular flexibility index (Phi) is 4.72. The molecular weight excluding hydrogens is 366 g/mol. The van der Waals surface area contributed by atoms with Crippen LogP contribution in [0.2, 0.25) is 0 Å². The number of carbonyl (C=O) groups is 1. The van der Waals surface area contributed by atoms with Crippen molar-refractivity contribution in [1.82, 2.24) is 19.6 Å². The van der Waals surface area contributed by atoms with Crippen LogP contribution in [0.4, 0.5) is 5.69 Å². The minimum atomic E-state index is -0.355. The molecule has 29 heavy (non-hydrogen) atoms. The van der Waals surface area contributed by atoms with Crippen molar-refractivity contribution >= 4 is 22.5 Å². The molecule has 0 saturated heterocycles. The second kappa shape index (κ2) is 7.35. The Bertz CT molecular complexity index is 1290. The van der Waals surface area contributed by atoms with Gasteiger partial charge in [-0.2, -0.15) is 10.2 Å². The number of fused-ring (bicyclic) bond motifs is 1. The molecule has 0 bridgehead atoms. The van der Waals surface area contributed by atoms with Crippen LogP contribution in [-0.4, -0.2) is 25.5 Å². The molecule has 4 rings (SSSR count). The number of aryl methyl sites for hydroxylation is 3. The number of benzene rings is 2. The van der Waals surface area contributed by atoms with Crippen molar-refractivity contribution in [3.05, 3.63) is 81.9 Å². The lowest BCUT2D eigenvalue weighted by Crippen LogP contribution is -2.31. The molecular formula is C22H21N5O2. The monoisotopic (exact) mass is 387 g/mol. The Balaban J connectivity index is 1.75. The van der Waals surface area contributed by atoms with Gasteiger partial charge in [-0.15, -0.1) is 0 Å². The van der Waals surface area contributed by atoms with Crippen LogP contribution in [0.25, 0.3) is 16.6 Å². The zero-order valence-electron chi connectivity index (χ0n) is 16.5. The van der Waals surface area contributed by atoms with Crippen LogP contribution in [0, 0.1) is 20.8 Å². The van der Waals surface area contributed by atoms with E-state index in [1.807, 2.05) is 62.4 Å². The van der Waals surface area contributed by atoms with Gasteiger partial charge in [-0.05, 0) is 44.0 Å². The van der Waals surface area contributed by atoms with Gasteiger partial charge in [0.1, 0.15) is 12.1 Å². The number of hydrogen-bond donors (Lipinski definition) is 1. The quantitative estimate of drug-likeness (QED) is 0.583. The third-order valence-corrected chi connectivity index (χ3v) is 4.92. The Labute approximate surface area is 167 Å². The highest BCUT2D eigenvalue weighted by atomic mass is 16.2. The van der Waals surface area contributed by atoms with Crippen LogP contribution in [0.1, 0.15) is 16.8 Å². The number of carbonyl (C=O) groups excluding carboxylic acids is 1. The standard InChI is InChI=1S/C22H21N5O2/c1-14-8-4-6-10-18(14)24-20(28)13-26-22(29)21-17(16(3)25-26)12-23-27(21)19-11-7-5-9-15(19)2/h4-12H,13H2,1-3H3,(H,24,28). The van der Waals surface area contributed by atoms with Crippen LogP contribution in [0.3, 0.4) is 0 Å². The molecule has 0 atom stereocenters. The Morgan fingerprint density at radius 2 is 1.69 bits per heavy atom. The van der Waals surface area contributed by atoms with Gasteiger partial charge in [-0.1, -0.05) is 36.4 Å². The first kappa shape index (κ1) is 18.6. The van der Waals surface area contributed by atoms with Crippen LogP contribution in [-0.2, 0) is 11.3 Å². The van der Waals surface area contributed by atoms with E-state index in [1.54, 1.807) is 17.8 Å². The molecule has 146 valence electrons. The first-order chi connectivity index (χ1) is 14.0. The molecule has 1 N–H and O–H groups in total. The molecule has 7 nitrogen and oxygen atoms in total. The minimum absolute atomic E-state index is 0.178. The van der Waals surface area contributed by atoms with Gasteiger partial charge in [0, 0.05) is 11.1 Å². The molecule has 0 aliphatic heterocycles. The van der Waals surface area contributed by atoms with E-state index in [-0.39, 0.29) is 18.0 Å². The van der Waals surface area contributed by atoms with Gasteiger partial charge in [0.05, 0.1) is 17.6 Å². The highest BCUT2D eigenvalue weighted by molar-refractivity contribution is 5.91. The molecule has 2 aromatic heterocycles. The number of anilines is 1. The van der Waals surface area contributed by atoms with Gasteiger partial charge in [0.2, 0.25) is 5.91 Å². The normalized spacial score (nSPS) is 11.0. The summed E-state index contributed by atoms with van der Waals surface area (Å²) in [5.41, 5.74) is 4.18. The lowest BCUT2D eigenvalue weighted by molar-refractivity contribution is -0.117. The molecule has 0 saturated carbocycles. The highest BCUT2D eigenvalue weighted by Crippen LogP contribution is 2.19. The molecule has 4 aromatic rings. The molecule has 1 amide bonds. The van der Waals surface area contributed by atoms with E-state index < -0.39 is 0 Å². The summed E-state index contributed by atoms with van der Waals surface area (Å²) in [5, 5.41) is 12.3. The Hall–Kier alpha value is -3.74. The largest absolute Gasteiger partial charge is 0.324 e. The number of para-hydroxylation sites is 2. The highest BCUT2D eigenvalue weighted by Gasteiger charge is 2.17. The summed E-state index contributed by atoms with van der Waals surface area (Å²) in [6.45, 7) is 5.51. The molecule has 0 aliphatic rings. The zero-order chi connectivity index (χ0) is 20.5. The van der Waals surface area contributed by atoms with Crippen molar-refractivity contribution in [3.8, 4) is 5.69 Å². The van der Waals surface area contributed by atoms with E-state index >= 15 is 0 Å². The molecule has 0 aliphatic carbocycles. The van der Waals surface area contributed by atoms with Gasteiger partial charge in [-0.3, -0.25) is 9.59 Å². The van der Waals surface area contributed by atoms with Gasteiger partial charge in [-0.25, -0.2) is 9.36 Å². The van der Waals surface area contributed by atoms with Crippen LogP contribution < -0.4 is 10.9 Å². The maximum Gasteiger partial charge on any atom is 0.293 e. The first-order valence-corrected chi connectivity index (χ1v) is 9.32. The molecule has 7 heteroatoms. The maximum absolute atomic E-state index is 13.2. The minimum Gasteiger partial charge on any atom is -0.324 e. The third kappa shape index (κ3) is 3.42. The number of rotatable bonds is 4. The fourth-order valence-corrected chi connectivity index (χ4v) is 3.35. The summed E-state index contributed by atoms with van der Waals surface area (Å²) in [5.74, 6) is -0.311. The summed E-state index contributed by atoms with van der Waals surface area (Å²) >= 11 is 0. The van der Waals surface area contributed by atoms with Crippen molar-refractivity contribution in [2.45, 2.75) is 27.3 Å². The molecule has 2 heterocycles. The number of hydrogen-bond acceptors (Lipinski definition) is 4. The van der Waals surface area contributed by atoms with E-state index in [0.29, 0.717) is 22.3 Å². The predicted molar refractivity (Wildman–Crippen MR) is 112 cm³/mol. The fourth-order valence-electron chi connectivity index (χ4n) is 3.35. The second-order valence-corrected chi connectivity index (χ2v) is 7.02. The summed E-state index contributed by atoms with van der Waals surface area (Å²) in [4.78, 5) is 25.7. The average Bonchev–Trinajstić information content (AvgIpc) is 3.14. The predicted octanol–water partition coefficient (Wildman–Crippen LogP) is 3.15.